The quantitative estimate of drug-likeness (QED) is 0.896. The molecule has 1 aromatic carbocycles. The van der Waals surface area contributed by atoms with Crippen LogP contribution in [-0.2, 0) is 9.53 Å². The largest absolute Gasteiger partial charge is 0.381 e. The Morgan fingerprint density at radius 3 is 2.87 bits per heavy atom. The Balaban J connectivity index is 1.74. The van der Waals surface area contributed by atoms with Crippen molar-refractivity contribution in [3.05, 3.63) is 34.6 Å². The van der Waals surface area contributed by atoms with E-state index in [1.165, 1.54) is 6.07 Å². The van der Waals surface area contributed by atoms with Crippen molar-refractivity contribution in [2.45, 2.75) is 25.3 Å². The van der Waals surface area contributed by atoms with Crippen LogP contribution in [0.25, 0.3) is 0 Å². The fraction of sp³-hybridized carbons (Fsp3) is 0.588. The molecule has 2 heterocycles. The molecule has 0 aliphatic carbocycles. The molecule has 6 heteroatoms. The number of rotatable bonds is 5. The first kappa shape index (κ1) is 16.7. The minimum atomic E-state index is -0.312. The molecule has 2 saturated heterocycles. The van der Waals surface area contributed by atoms with E-state index in [9.17, 15) is 9.18 Å². The van der Waals surface area contributed by atoms with Crippen LogP contribution in [0, 0.1) is 11.7 Å². The average Bonchev–Trinajstić information content (AvgIpc) is 3.22. The molecule has 3 rings (SSSR count). The van der Waals surface area contributed by atoms with Crippen molar-refractivity contribution < 1.29 is 13.9 Å². The minimum absolute atomic E-state index is 0.0147. The van der Waals surface area contributed by atoms with Crippen molar-refractivity contribution in [2.24, 2.45) is 5.92 Å². The number of nitrogens with one attached hydrogen (secondary N) is 1. The third kappa shape index (κ3) is 3.84. The number of likely N-dealkylation sites (tertiary alicyclic amines) is 1. The van der Waals surface area contributed by atoms with Crippen LogP contribution >= 0.6 is 11.6 Å². The molecular weight excluding hydrogens is 319 g/mol. The van der Waals surface area contributed by atoms with Crippen molar-refractivity contribution in [3.63, 3.8) is 0 Å². The number of carbonyl (C=O) groups excluding carboxylic acids is 1. The van der Waals surface area contributed by atoms with Crippen molar-refractivity contribution in [1.29, 1.82) is 0 Å². The van der Waals surface area contributed by atoms with Crippen LogP contribution in [-0.4, -0.2) is 43.7 Å². The predicted molar refractivity (Wildman–Crippen MR) is 86.9 cm³/mol. The Kier molecular flexibility index (Phi) is 5.51. The number of nitrogens with zero attached hydrogens (tertiary/aromatic N) is 1. The van der Waals surface area contributed by atoms with Crippen LogP contribution in [0.1, 0.15) is 30.9 Å². The zero-order valence-corrected chi connectivity index (χ0v) is 13.8. The number of halogens is 2. The van der Waals surface area contributed by atoms with E-state index in [0.29, 0.717) is 30.3 Å². The van der Waals surface area contributed by atoms with E-state index in [-0.39, 0.29) is 23.7 Å². The third-order valence-electron chi connectivity index (χ3n) is 4.68. The smallest absolute Gasteiger partial charge is 0.225 e. The summed E-state index contributed by atoms with van der Waals surface area (Å²) in [7, 11) is 0. The molecule has 0 bridgehead atoms. The van der Waals surface area contributed by atoms with Crippen molar-refractivity contribution in [3.8, 4) is 0 Å². The Labute approximate surface area is 140 Å². The second-order valence-corrected chi connectivity index (χ2v) is 6.61. The summed E-state index contributed by atoms with van der Waals surface area (Å²) in [6, 6.07) is 4.51. The summed E-state index contributed by atoms with van der Waals surface area (Å²) in [5.41, 5.74) is 0.485. The van der Waals surface area contributed by atoms with Crippen LogP contribution in [0.3, 0.4) is 0 Å². The van der Waals surface area contributed by atoms with Crippen LogP contribution in [0.4, 0.5) is 4.39 Å². The fourth-order valence-corrected chi connectivity index (χ4v) is 3.67. The van der Waals surface area contributed by atoms with Gasteiger partial charge in [-0.2, -0.15) is 0 Å². The van der Waals surface area contributed by atoms with E-state index in [4.69, 9.17) is 16.3 Å². The topological polar surface area (TPSA) is 41.6 Å². The van der Waals surface area contributed by atoms with Gasteiger partial charge in [0.2, 0.25) is 5.91 Å². The summed E-state index contributed by atoms with van der Waals surface area (Å²) >= 11 is 6.25. The number of hydrogen-bond donors (Lipinski definition) is 1. The molecule has 1 amide bonds. The second kappa shape index (κ2) is 7.60. The molecule has 4 nitrogen and oxygen atoms in total. The summed E-state index contributed by atoms with van der Waals surface area (Å²) in [4.78, 5) is 14.4. The minimum Gasteiger partial charge on any atom is -0.381 e. The second-order valence-electron chi connectivity index (χ2n) is 6.20. The van der Waals surface area contributed by atoms with Gasteiger partial charge in [0.15, 0.2) is 0 Å². The Hall–Kier alpha value is -1.17. The molecule has 23 heavy (non-hydrogen) atoms. The maximum absolute atomic E-state index is 14.3. The number of ether oxygens (including phenoxy) is 1. The van der Waals surface area contributed by atoms with Gasteiger partial charge in [-0.25, -0.2) is 4.39 Å². The average molecular weight is 341 g/mol. The van der Waals surface area contributed by atoms with Gasteiger partial charge in [0, 0.05) is 23.7 Å². The molecular formula is C17H22ClFN2O2. The van der Waals surface area contributed by atoms with Gasteiger partial charge in [-0.3, -0.25) is 9.69 Å². The first-order chi connectivity index (χ1) is 11.2. The van der Waals surface area contributed by atoms with E-state index < -0.39 is 0 Å². The summed E-state index contributed by atoms with van der Waals surface area (Å²) in [6.45, 7) is 3.28. The molecule has 0 spiro atoms. The molecule has 0 unspecified atom stereocenters. The lowest BCUT2D eigenvalue weighted by molar-refractivity contribution is -0.125. The molecule has 1 aromatic rings. The highest BCUT2D eigenvalue weighted by atomic mass is 35.5. The van der Waals surface area contributed by atoms with Gasteiger partial charge in [-0.15, -0.1) is 0 Å². The maximum atomic E-state index is 14.3. The molecule has 1 N–H and O–H groups in total. The van der Waals surface area contributed by atoms with Crippen LogP contribution in [0.15, 0.2) is 18.2 Å². The lowest BCUT2D eigenvalue weighted by Crippen LogP contribution is -2.39. The van der Waals surface area contributed by atoms with E-state index in [1.54, 1.807) is 12.1 Å². The number of hydrogen-bond acceptors (Lipinski definition) is 3. The molecule has 2 aliphatic heterocycles. The van der Waals surface area contributed by atoms with E-state index in [2.05, 4.69) is 10.2 Å². The first-order valence-electron chi connectivity index (χ1n) is 8.20. The van der Waals surface area contributed by atoms with Gasteiger partial charge in [-0.1, -0.05) is 17.7 Å². The summed E-state index contributed by atoms with van der Waals surface area (Å²) in [6.07, 6.45) is 2.93. The molecule has 0 aromatic heterocycles. The van der Waals surface area contributed by atoms with Gasteiger partial charge in [-0.05, 0) is 44.5 Å². The van der Waals surface area contributed by atoms with Crippen LogP contribution < -0.4 is 5.32 Å². The molecule has 2 fully saturated rings. The zero-order valence-electron chi connectivity index (χ0n) is 13.1. The number of amides is 1. The molecule has 0 radical (unpaired) electrons. The van der Waals surface area contributed by atoms with Crippen molar-refractivity contribution in [2.75, 3.05) is 32.8 Å². The van der Waals surface area contributed by atoms with Gasteiger partial charge in [0.25, 0.3) is 0 Å². The fourth-order valence-electron chi connectivity index (χ4n) is 3.38. The van der Waals surface area contributed by atoms with Gasteiger partial charge < -0.3 is 10.1 Å². The van der Waals surface area contributed by atoms with E-state index >= 15 is 0 Å². The number of carbonyl (C=O) groups is 1. The number of benzene rings is 1. The van der Waals surface area contributed by atoms with E-state index in [0.717, 1.165) is 32.4 Å². The summed E-state index contributed by atoms with van der Waals surface area (Å²) in [5.74, 6) is -0.419. The van der Waals surface area contributed by atoms with Crippen LogP contribution in [0.5, 0.6) is 0 Å². The van der Waals surface area contributed by atoms with Gasteiger partial charge in [0.05, 0.1) is 18.6 Å². The molecule has 2 aliphatic rings. The lowest BCUT2D eigenvalue weighted by atomic mass is 10.0. The molecule has 2 atom stereocenters. The monoisotopic (exact) mass is 340 g/mol. The standard InChI is InChI=1S/C17H22ClFN2O2/c18-13-4-3-5-14(19)16(13)15(21-7-1-2-8-21)10-20-17(22)12-6-9-23-11-12/h3-5,12,15H,1-2,6-11H2,(H,20,22)/t12-,15-/m0/s1. The van der Waals surface area contributed by atoms with Gasteiger partial charge in [0.1, 0.15) is 5.82 Å². The highest BCUT2D eigenvalue weighted by Crippen LogP contribution is 2.32. The summed E-state index contributed by atoms with van der Waals surface area (Å²) in [5, 5.41) is 3.39. The van der Waals surface area contributed by atoms with Crippen molar-refractivity contribution >= 4 is 17.5 Å². The normalized spacial score (nSPS) is 23.1. The highest BCUT2D eigenvalue weighted by Gasteiger charge is 2.30. The SMILES string of the molecule is O=C(NC[C@@H](c1c(F)cccc1Cl)N1CCCC1)[C@H]1CCOC1. The lowest BCUT2D eigenvalue weighted by Gasteiger charge is -2.29. The molecule has 0 saturated carbocycles. The third-order valence-corrected chi connectivity index (χ3v) is 5.01. The summed E-state index contributed by atoms with van der Waals surface area (Å²) < 4.78 is 19.6. The van der Waals surface area contributed by atoms with Crippen LogP contribution in [0.2, 0.25) is 5.02 Å². The molecule has 126 valence electrons. The van der Waals surface area contributed by atoms with Gasteiger partial charge >= 0.3 is 0 Å². The zero-order chi connectivity index (χ0) is 16.2. The maximum Gasteiger partial charge on any atom is 0.225 e. The Morgan fingerprint density at radius 2 is 2.22 bits per heavy atom. The Morgan fingerprint density at radius 1 is 1.43 bits per heavy atom. The van der Waals surface area contributed by atoms with Crippen molar-refractivity contribution in [1.82, 2.24) is 10.2 Å². The first-order valence-corrected chi connectivity index (χ1v) is 8.58. The Bertz CT molecular complexity index is 537. The van der Waals surface area contributed by atoms with E-state index in [1.807, 2.05) is 0 Å². The highest BCUT2D eigenvalue weighted by molar-refractivity contribution is 6.31. The predicted octanol–water partition coefficient (Wildman–Crippen LogP) is 2.77.